The van der Waals surface area contributed by atoms with E-state index >= 15 is 0 Å². The van der Waals surface area contributed by atoms with Crippen molar-refractivity contribution in [2.75, 3.05) is 30.4 Å². The van der Waals surface area contributed by atoms with Crippen molar-refractivity contribution in [1.29, 1.82) is 0 Å². The van der Waals surface area contributed by atoms with Crippen LogP contribution < -0.4 is 9.80 Å². The predicted molar refractivity (Wildman–Crippen MR) is 116 cm³/mol. The number of benzene rings is 2. The zero-order valence-electron chi connectivity index (χ0n) is 17.2. The SMILES string of the molecule is Cc1ccc(CC2c3ccc(C)cc3CCN2c2ccnc(N(C)C)n2)cc1. The van der Waals surface area contributed by atoms with Gasteiger partial charge in [0.2, 0.25) is 5.95 Å². The maximum Gasteiger partial charge on any atom is 0.226 e. The molecule has 0 amide bonds. The van der Waals surface area contributed by atoms with Crippen LogP contribution in [-0.2, 0) is 12.8 Å². The van der Waals surface area contributed by atoms with Crippen LogP contribution in [0, 0.1) is 13.8 Å². The van der Waals surface area contributed by atoms with Crippen molar-refractivity contribution >= 4 is 11.8 Å². The van der Waals surface area contributed by atoms with Crippen LogP contribution >= 0.6 is 0 Å². The third-order valence-corrected chi connectivity index (χ3v) is 5.53. The first kappa shape index (κ1) is 18.5. The van der Waals surface area contributed by atoms with Crippen molar-refractivity contribution in [3.8, 4) is 0 Å². The van der Waals surface area contributed by atoms with Gasteiger partial charge in [-0.15, -0.1) is 0 Å². The van der Waals surface area contributed by atoms with E-state index in [-0.39, 0.29) is 6.04 Å². The van der Waals surface area contributed by atoms with Gasteiger partial charge in [-0.3, -0.25) is 0 Å². The van der Waals surface area contributed by atoms with Gasteiger partial charge in [0.15, 0.2) is 0 Å². The van der Waals surface area contributed by atoms with Gasteiger partial charge in [0, 0.05) is 26.8 Å². The van der Waals surface area contributed by atoms with E-state index in [0.29, 0.717) is 0 Å². The first-order chi connectivity index (χ1) is 13.5. The van der Waals surface area contributed by atoms with Crippen LogP contribution in [0.15, 0.2) is 54.7 Å². The molecule has 1 aromatic heterocycles. The number of hydrogen-bond donors (Lipinski definition) is 0. The molecule has 0 bridgehead atoms. The van der Waals surface area contributed by atoms with Gasteiger partial charge in [0.25, 0.3) is 0 Å². The lowest BCUT2D eigenvalue weighted by Crippen LogP contribution is -2.37. The Bertz CT molecular complexity index is 963. The molecule has 4 rings (SSSR count). The minimum Gasteiger partial charge on any atom is -0.349 e. The Morgan fingerprint density at radius 2 is 1.75 bits per heavy atom. The van der Waals surface area contributed by atoms with Crippen molar-refractivity contribution in [3.63, 3.8) is 0 Å². The number of nitrogens with zero attached hydrogens (tertiary/aromatic N) is 4. The highest BCUT2D eigenvalue weighted by molar-refractivity contribution is 5.51. The van der Waals surface area contributed by atoms with E-state index in [9.17, 15) is 0 Å². The molecule has 1 atom stereocenters. The van der Waals surface area contributed by atoms with Crippen molar-refractivity contribution in [1.82, 2.24) is 9.97 Å². The van der Waals surface area contributed by atoms with E-state index in [1.165, 1.54) is 27.8 Å². The third-order valence-electron chi connectivity index (χ3n) is 5.53. The van der Waals surface area contributed by atoms with Crippen LogP contribution in [0.5, 0.6) is 0 Å². The zero-order chi connectivity index (χ0) is 19.7. The second-order valence-electron chi connectivity index (χ2n) is 7.96. The van der Waals surface area contributed by atoms with E-state index in [1.54, 1.807) is 0 Å². The Morgan fingerprint density at radius 3 is 2.50 bits per heavy atom. The van der Waals surface area contributed by atoms with Crippen molar-refractivity contribution < 1.29 is 0 Å². The number of hydrogen-bond acceptors (Lipinski definition) is 4. The molecule has 0 radical (unpaired) electrons. The van der Waals surface area contributed by atoms with Gasteiger partial charge in [-0.05, 0) is 49.4 Å². The first-order valence-electron chi connectivity index (χ1n) is 9.93. The summed E-state index contributed by atoms with van der Waals surface area (Å²) in [6, 6.07) is 18.1. The van der Waals surface area contributed by atoms with Crippen LogP contribution in [0.4, 0.5) is 11.8 Å². The second-order valence-corrected chi connectivity index (χ2v) is 7.96. The van der Waals surface area contributed by atoms with E-state index in [4.69, 9.17) is 4.98 Å². The zero-order valence-corrected chi connectivity index (χ0v) is 17.2. The first-order valence-corrected chi connectivity index (χ1v) is 9.93. The Morgan fingerprint density at radius 1 is 1.00 bits per heavy atom. The number of fused-ring (bicyclic) bond motifs is 1. The highest BCUT2D eigenvalue weighted by Crippen LogP contribution is 2.36. The highest BCUT2D eigenvalue weighted by atomic mass is 15.3. The van der Waals surface area contributed by atoms with Gasteiger partial charge in [-0.25, -0.2) is 4.98 Å². The molecular weight excluding hydrogens is 344 g/mol. The quantitative estimate of drug-likeness (QED) is 0.675. The molecule has 0 saturated heterocycles. The van der Waals surface area contributed by atoms with Crippen LogP contribution in [0.3, 0.4) is 0 Å². The number of rotatable bonds is 4. The summed E-state index contributed by atoms with van der Waals surface area (Å²) in [7, 11) is 3.97. The molecule has 0 aliphatic carbocycles. The molecule has 2 heterocycles. The van der Waals surface area contributed by atoms with E-state index in [0.717, 1.165) is 31.2 Å². The molecule has 0 fully saturated rings. The molecule has 0 N–H and O–H groups in total. The molecule has 1 unspecified atom stereocenters. The fraction of sp³-hybridized carbons (Fsp3) is 0.333. The van der Waals surface area contributed by atoms with E-state index in [1.807, 2.05) is 31.3 Å². The standard InChI is InChI=1S/C24H28N4/c1-17-5-8-19(9-6-17)16-22-21-10-7-18(2)15-20(21)12-14-28(22)23-11-13-25-24(26-23)27(3)4/h5-11,13,15,22H,12,14,16H2,1-4H3. The van der Waals surface area contributed by atoms with Crippen LogP contribution in [0.2, 0.25) is 0 Å². The lowest BCUT2D eigenvalue weighted by molar-refractivity contribution is 0.572. The Kier molecular flexibility index (Phi) is 5.03. The number of anilines is 2. The summed E-state index contributed by atoms with van der Waals surface area (Å²) >= 11 is 0. The van der Waals surface area contributed by atoms with Crippen LogP contribution in [-0.4, -0.2) is 30.6 Å². The topological polar surface area (TPSA) is 32.3 Å². The van der Waals surface area contributed by atoms with Crippen molar-refractivity contribution in [2.24, 2.45) is 0 Å². The average molecular weight is 373 g/mol. The van der Waals surface area contributed by atoms with E-state index < -0.39 is 0 Å². The Hall–Kier alpha value is -2.88. The normalized spacial score (nSPS) is 16.0. The molecule has 1 aliphatic heterocycles. The molecular formula is C24H28N4. The summed E-state index contributed by atoms with van der Waals surface area (Å²) in [5.41, 5.74) is 6.87. The summed E-state index contributed by atoms with van der Waals surface area (Å²) in [4.78, 5) is 13.6. The minimum atomic E-state index is 0.275. The minimum absolute atomic E-state index is 0.275. The highest BCUT2D eigenvalue weighted by Gasteiger charge is 2.29. The Labute approximate surface area is 167 Å². The molecule has 144 valence electrons. The smallest absolute Gasteiger partial charge is 0.226 e. The fourth-order valence-corrected chi connectivity index (χ4v) is 4.00. The number of aromatic nitrogens is 2. The largest absolute Gasteiger partial charge is 0.349 e. The maximum atomic E-state index is 4.83. The molecule has 1 aliphatic rings. The van der Waals surface area contributed by atoms with Crippen molar-refractivity contribution in [3.05, 3.63) is 82.5 Å². The summed E-state index contributed by atoms with van der Waals surface area (Å²) in [6.07, 6.45) is 3.88. The van der Waals surface area contributed by atoms with E-state index in [2.05, 4.69) is 66.2 Å². The lowest BCUT2D eigenvalue weighted by atomic mass is 9.87. The van der Waals surface area contributed by atoms with Crippen LogP contribution in [0.25, 0.3) is 0 Å². The molecule has 0 saturated carbocycles. The van der Waals surface area contributed by atoms with Gasteiger partial charge in [-0.1, -0.05) is 53.6 Å². The average Bonchev–Trinajstić information content (AvgIpc) is 2.69. The molecule has 28 heavy (non-hydrogen) atoms. The third kappa shape index (κ3) is 3.72. The lowest BCUT2D eigenvalue weighted by Gasteiger charge is -2.39. The van der Waals surface area contributed by atoms with Gasteiger partial charge < -0.3 is 9.80 Å². The summed E-state index contributed by atoms with van der Waals surface area (Å²) in [6.45, 7) is 5.28. The Balaban J connectivity index is 1.75. The van der Waals surface area contributed by atoms with Gasteiger partial charge in [0.1, 0.15) is 5.82 Å². The number of aryl methyl sites for hydroxylation is 2. The summed E-state index contributed by atoms with van der Waals surface area (Å²) < 4.78 is 0. The molecule has 4 heteroatoms. The predicted octanol–water partition coefficient (Wildman–Crippen LogP) is 4.51. The molecule has 3 aromatic rings. The maximum absolute atomic E-state index is 4.83. The van der Waals surface area contributed by atoms with Crippen molar-refractivity contribution in [2.45, 2.75) is 32.7 Å². The van der Waals surface area contributed by atoms with Gasteiger partial charge in [-0.2, -0.15) is 4.98 Å². The summed E-state index contributed by atoms with van der Waals surface area (Å²) in [5.74, 6) is 1.75. The van der Waals surface area contributed by atoms with Crippen LogP contribution in [0.1, 0.15) is 33.9 Å². The second kappa shape index (κ2) is 7.63. The molecule has 0 spiro atoms. The molecule has 2 aromatic carbocycles. The molecule has 4 nitrogen and oxygen atoms in total. The van der Waals surface area contributed by atoms with Gasteiger partial charge >= 0.3 is 0 Å². The van der Waals surface area contributed by atoms with Gasteiger partial charge in [0.05, 0.1) is 6.04 Å². The fourth-order valence-electron chi connectivity index (χ4n) is 4.00. The monoisotopic (exact) mass is 372 g/mol. The summed E-state index contributed by atoms with van der Waals surface area (Å²) in [5, 5.41) is 0.